The van der Waals surface area contributed by atoms with Crippen molar-refractivity contribution in [2.45, 2.75) is 26.9 Å². The summed E-state index contributed by atoms with van der Waals surface area (Å²) in [4.78, 5) is 14.6. The molecule has 2 heterocycles. The molecule has 164 valence electrons. The van der Waals surface area contributed by atoms with E-state index in [1.807, 2.05) is 80.5 Å². The minimum atomic E-state index is -0.145. The molecule has 0 radical (unpaired) electrons. The van der Waals surface area contributed by atoms with Gasteiger partial charge in [-0.3, -0.25) is 4.79 Å². The molecule has 0 bridgehead atoms. The Balaban J connectivity index is 1.45. The Bertz CT molecular complexity index is 1220. The number of nitrogens with one attached hydrogen (secondary N) is 1. The first-order valence-corrected chi connectivity index (χ1v) is 10.4. The van der Waals surface area contributed by atoms with E-state index < -0.39 is 0 Å². The van der Waals surface area contributed by atoms with E-state index in [1.165, 1.54) is 0 Å². The third-order valence-corrected chi connectivity index (χ3v) is 5.08. The van der Waals surface area contributed by atoms with E-state index in [1.54, 1.807) is 6.92 Å². The van der Waals surface area contributed by atoms with Crippen molar-refractivity contribution in [1.82, 2.24) is 20.4 Å². The molecule has 32 heavy (non-hydrogen) atoms. The van der Waals surface area contributed by atoms with Gasteiger partial charge in [0.2, 0.25) is 11.8 Å². The number of hydrogen-bond acceptors (Lipinski definition) is 6. The van der Waals surface area contributed by atoms with Gasteiger partial charge in [-0.2, -0.15) is 0 Å². The molecule has 0 saturated heterocycles. The van der Waals surface area contributed by atoms with Crippen LogP contribution in [0.15, 0.2) is 63.4 Å². The number of aryl methyl sites for hydroxylation is 2. The predicted octanol–water partition coefficient (Wildman–Crippen LogP) is 4.61. The normalized spacial score (nSPS) is 11.2. The van der Waals surface area contributed by atoms with E-state index in [4.69, 9.17) is 8.83 Å². The monoisotopic (exact) mass is 430 g/mol. The Morgan fingerprint density at radius 3 is 2.31 bits per heavy atom. The number of aromatic nitrogens is 2. The summed E-state index contributed by atoms with van der Waals surface area (Å²) < 4.78 is 11.3. The molecule has 0 aliphatic heterocycles. The van der Waals surface area contributed by atoms with Crippen molar-refractivity contribution >= 4 is 5.91 Å². The molecule has 7 heteroatoms. The van der Waals surface area contributed by atoms with Gasteiger partial charge in [0, 0.05) is 18.1 Å². The maximum Gasteiger partial charge on any atom is 0.251 e. The van der Waals surface area contributed by atoms with Crippen molar-refractivity contribution in [3.8, 4) is 22.6 Å². The molecule has 7 nitrogen and oxygen atoms in total. The third-order valence-electron chi connectivity index (χ3n) is 5.08. The van der Waals surface area contributed by atoms with Crippen LogP contribution in [0.4, 0.5) is 0 Å². The lowest BCUT2D eigenvalue weighted by Crippen LogP contribution is -2.22. The second kappa shape index (κ2) is 9.20. The topological polar surface area (TPSA) is 84.4 Å². The highest BCUT2D eigenvalue weighted by Gasteiger charge is 2.12. The zero-order chi connectivity index (χ0) is 22.7. The summed E-state index contributed by atoms with van der Waals surface area (Å²) >= 11 is 0. The molecule has 1 N–H and O–H groups in total. The summed E-state index contributed by atoms with van der Waals surface area (Å²) in [6.45, 7) is 4.89. The summed E-state index contributed by atoms with van der Waals surface area (Å²) in [5, 5.41) is 10.9. The molecular formula is C25H26N4O3. The molecule has 4 aromatic rings. The van der Waals surface area contributed by atoms with Crippen LogP contribution in [0.25, 0.3) is 22.6 Å². The fourth-order valence-corrected chi connectivity index (χ4v) is 3.46. The van der Waals surface area contributed by atoms with Crippen LogP contribution < -0.4 is 5.32 Å². The molecule has 0 atom stereocenters. The number of benzene rings is 2. The van der Waals surface area contributed by atoms with E-state index >= 15 is 0 Å². The Morgan fingerprint density at radius 2 is 1.62 bits per heavy atom. The molecule has 0 unspecified atom stereocenters. The van der Waals surface area contributed by atoms with E-state index in [2.05, 4.69) is 15.5 Å². The zero-order valence-electron chi connectivity index (χ0n) is 18.7. The molecule has 1 amide bonds. The van der Waals surface area contributed by atoms with E-state index in [0.717, 1.165) is 40.3 Å². The molecular weight excluding hydrogens is 404 g/mol. The van der Waals surface area contributed by atoms with Gasteiger partial charge in [0.05, 0.1) is 13.1 Å². The van der Waals surface area contributed by atoms with Crippen LogP contribution in [-0.4, -0.2) is 35.1 Å². The van der Waals surface area contributed by atoms with Gasteiger partial charge in [-0.1, -0.05) is 18.2 Å². The minimum absolute atomic E-state index is 0.145. The molecule has 0 aliphatic rings. The first-order valence-electron chi connectivity index (χ1n) is 10.4. The fraction of sp³-hybridized carbons (Fsp3) is 0.240. The standard InChI is InChI=1S/C25H26N4O3/c1-16-5-6-20(25-28-27-17(2)31-25)13-23(16)18-7-9-19(10-8-18)24(30)26-14-21-11-12-22(32-21)15-29(3)4/h5-13H,14-15H2,1-4H3,(H,26,30). The van der Waals surface area contributed by atoms with Crippen molar-refractivity contribution in [2.24, 2.45) is 0 Å². The summed E-state index contributed by atoms with van der Waals surface area (Å²) in [5.41, 5.74) is 4.63. The SMILES string of the molecule is Cc1nnc(-c2ccc(C)c(-c3ccc(C(=O)NCc4ccc(CN(C)C)o4)cc3)c2)o1. The van der Waals surface area contributed by atoms with Crippen LogP contribution in [0, 0.1) is 13.8 Å². The van der Waals surface area contributed by atoms with Crippen molar-refractivity contribution in [3.63, 3.8) is 0 Å². The third kappa shape index (κ3) is 4.95. The summed E-state index contributed by atoms with van der Waals surface area (Å²) in [7, 11) is 3.97. The fourth-order valence-electron chi connectivity index (χ4n) is 3.46. The van der Waals surface area contributed by atoms with Crippen LogP contribution in [0.5, 0.6) is 0 Å². The van der Waals surface area contributed by atoms with Gasteiger partial charge < -0.3 is 19.1 Å². The maximum atomic E-state index is 12.6. The average molecular weight is 431 g/mol. The highest BCUT2D eigenvalue weighted by Crippen LogP contribution is 2.29. The van der Waals surface area contributed by atoms with Crippen molar-refractivity contribution in [2.75, 3.05) is 14.1 Å². The molecule has 2 aromatic carbocycles. The Hall–Kier alpha value is -3.71. The largest absolute Gasteiger partial charge is 0.463 e. The maximum absolute atomic E-state index is 12.6. The van der Waals surface area contributed by atoms with Crippen LogP contribution in [0.3, 0.4) is 0 Å². The molecule has 4 rings (SSSR count). The molecule has 2 aromatic heterocycles. The number of carbonyl (C=O) groups is 1. The second-order valence-corrected chi connectivity index (χ2v) is 8.02. The number of furan rings is 1. The van der Waals surface area contributed by atoms with Gasteiger partial charge in [-0.05, 0) is 74.1 Å². The first-order chi connectivity index (χ1) is 15.4. The second-order valence-electron chi connectivity index (χ2n) is 8.02. The van der Waals surface area contributed by atoms with Gasteiger partial charge in [-0.15, -0.1) is 10.2 Å². The van der Waals surface area contributed by atoms with E-state index in [9.17, 15) is 4.79 Å². The van der Waals surface area contributed by atoms with Crippen LogP contribution in [0.2, 0.25) is 0 Å². The van der Waals surface area contributed by atoms with Gasteiger partial charge in [0.25, 0.3) is 5.91 Å². The quantitative estimate of drug-likeness (QED) is 0.461. The van der Waals surface area contributed by atoms with Crippen LogP contribution in [-0.2, 0) is 13.1 Å². The highest BCUT2D eigenvalue weighted by molar-refractivity contribution is 5.94. The predicted molar refractivity (Wildman–Crippen MR) is 122 cm³/mol. The summed E-state index contributed by atoms with van der Waals surface area (Å²) in [5.74, 6) is 2.48. The van der Waals surface area contributed by atoms with Gasteiger partial charge in [-0.25, -0.2) is 0 Å². The average Bonchev–Trinajstić information content (AvgIpc) is 3.41. The van der Waals surface area contributed by atoms with Crippen molar-refractivity contribution in [1.29, 1.82) is 0 Å². The Kier molecular flexibility index (Phi) is 6.18. The lowest BCUT2D eigenvalue weighted by atomic mass is 9.97. The summed E-state index contributed by atoms with van der Waals surface area (Å²) in [6, 6.07) is 17.4. The zero-order valence-corrected chi connectivity index (χ0v) is 18.7. The first kappa shape index (κ1) is 21.5. The van der Waals surface area contributed by atoms with Crippen LogP contribution in [0.1, 0.15) is 33.3 Å². The smallest absolute Gasteiger partial charge is 0.251 e. The molecule has 0 fully saturated rings. The van der Waals surface area contributed by atoms with E-state index in [0.29, 0.717) is 23.9 Å². The minimum Gasteiger partial charge on any atom is -0.463 e. The molecule has 0 saturated carbocycles. The summed E-state index contributed by atoms with van der Waals surface area (Å²) in [6.07, 6.45) is 0. The van der Waals surface area contributed by atoms with E-state index in [-0.39, 0.29) is 5.91 Å². The lowest BCUT2D eigenvalue weighted by molar-refractivity contribution is 0.0947. The van der Waals surface area contributed by atoms with Gasteiger partial charge in [0.1, 0.15) is 11.5 Å². The Labute approximate surface area is 187 Å². The molecule has 0 spiro atoms. The lowest BCUT2D eigenvalue weighted by Gasteiger charge is -2.09. The molecule has 0 aliphatic carbocycles. The number of nitrogens with zero attached hydrogens (tertiary/aromatic N) is 3. The number of carbonyl (C=O) groups excluding carboxylic acids is 1. The van der Waals surface area contributed by atoms with Crippen molar-refractivity contribution < 1.29 is 13.6 Å². The van der Waals surface area contributed by atoms with Gasteiger partial charge in [0.15, 0.2) is 0 Å². The number of rotatable bonds is 7. The van der Waals surface area contributed by atoms with Crippen LogP contribution >= 0.6 is 0 Å². The van der Waals surface area contributed by atoms with Gasteiger partial charge >= 0.3 is 0 Å². The highest BCUT2D eigenvalue weighted by atomic mass is 16.4. The Morgan fingerprint density at radius 1 is 0.906 bits per heavy atom. The number of amides is 1. The van der Waals surface area contributed by atoms with Crippen molar-refractivity contribution in [3.05, 3.63) is 83.1 Å². The number of hydrogen-bond donors (Lipinski definition) is 1.